The number of methoxy groups -OCH3 is 2. The topological polar surface area (TPSA) is 53.6 Å². The number of fused-ring (bicyclic) bond motifs is 1. The van der Waals surface area contributed by atoms with Gasteiger partial charge in [0.05, 0.1) is 14.2 Å². The number of rotatable bonds is 5. The number of benzene rings is 1. The van der Waals surface area contributed by atoms with E-state index in [1.807, 2.05) is 6.20 Å². The van der Waals surface area contributed by atoms with E-state index in [1.54, 1.807) is 14.2 Å². The van der Waals surface area contributed by atoms with E-state index in [0.717, 1.165) is 44.1 Å². The van der Waals surface area contributed by atoms with Crippen molar-refractivity contribution in [1.82, 2.24) is 20.0 Å². The van der Waals surface area contributed by atoms with Gasteiger partial charge in [0.1, 0.15) is 0 Å². The number of hydrogen-bond donors (Lipinski definition) is 1. The maximum atomic E-state index is 5.50. The first kappa shape index (κ1) is 17.4. The van der Waals surface area contributed by atoms with E-state index in [0.29, 0.717) is 6.04 Å². The fraction of sp³-hybridized carbons (Fsp3) is 0.550. The van der Waals surface area contributed by atoms with Gasteiger partial charge in [-0.1, -0.05) is 0 Å². The molecule has 1 saturated heterocycles. The van der Waals surface area contributed by atoms with Gasteiger partial charge in [-0.15, -0.1) is 0 Å². The van der Waals surface area contributed by atoms with Gasteiger partial charge in [0.2, 0.25) is 0 Å². The van der Waals surface area contributed by atoms with Gasteiger partial charge in [-0.2, -0.15) is 5.10 Å². The highest BCUT2D eigenvalue weighted by Gasteiger charge is 2.28. The smallest absolute Gasteiger partial charge is 0.161 e. The zero-order valence-electron chi connectivity index (χ0n) is 15.7. The third-order valence-electron chi connectivity index (χ3n) is 5.70. The lowest BCUT2D eigenvalue weighted by Gasteiger charge is -2.41. The average molecular weight is 356 g/mol. The Hall–Kier alpha value is -2.05. The summed E-state index contributed by atoms with van der Waals surface area (Å²) >= 11 is 0. The van der Waals surface area contributed by atoms with Gasteiger partial charge < -0.3 is 9.47 Å². The molecule has 0 radical (unpaired) electrons. The summed E-state index contributed by atoms with van der Waals surface area (Å²) in [7, 11) is 3.41. The van der Waals surface area contributed by atoms with Gasteiger partial charge >= 0.3 is 0 Å². The SMILES string of the molecule is COc1cc2c(cc1OC)CN(C1CCCN(Cc3ccn[nH]3)C1)CC2. The van der Waals surface area contributed by atoms with Gasteiger partial charge in [0.25, 0.3) is 0 Å². The number of aromatic nitrogens is 2. The molecule has 1 unspecified atom stereocenters. The Morgan fingerprint density at radius 1 is 1.15 bits per heavy atom. The third-order valence-corrected chi connectivity index (χ3v) is 5.70. The summed E-state index contributed by atoms with van der Waals surface area (Å²) in [6.45, 7) is 5.38. The number of piperidine rings is 1. The number of nitrogens with one attached hydrogen (secondary N) is 1. The summed E-state index contributed by atoms with van der Waals surface area (Å²) in [6.07, 6.45) is 5.45. The van der Waals surface area contributed by atoms with Crippen LogP contribution in [0.4, 0.5) is 0 Å². The van der Waals surface area contributed by atoms with Crippen LogP contribution in [0, 0.1) is 0 Å². The third kappa shape index (κ3) is 3.57. The van der Waals surface area contributed by atoms with E-state index < -0.39 is 0 Å². The Morgan fingerprint density at radius 2 is 1.96 bits per heavy atom. The molecule has 3 heterocycles. The highest BCUT2D eigenvalue weighted by molar-refractivity contribution is 5.48. The summed E-state index contributed by atoms with van der Waals surface area (Å²) < 4.78 is 11.0. The van der Waals surface area contributed by atoms with Crippen LogP contribution >= 0.6 is 0 Å². The van der Waals surface area contributed by atoms with Crippen LogP contribution in [0.15, 0.2) is 24.4 Å². The van der Waals surface area contributed by atoms with Gasteiger partial charge in [0, 0.05) is 44.1 Å². The largest absolute Gasteiger partial charge is 0.493 e. The Kier molecular flexibility index (Phi) is 5.13. The second-order valence-electron chi connectivity index (χ2n) is 7.31. The maximum Gasteiger partial charge on any atom is 0.161 e. The van der Waals surface area contributed by atoms with Crippen LogP contribution in [0.3, 0.4) is 0 Å². The van der Waals surface area contributed by atoms with Crippen LogP contribution in [-0.2, 0) is 19.5 Å². The van der Waals surface area contributed by atoms with E-state index in [9.17, 15) is 0 Å². The van der Waals surface area contributed by atoms with Crippen LogP contribution in [0.1, 0.15) is 29.7 Å². The number of nitrogens with zero attached hydrogens (tertiary/aromatic N) is 3. The molecule has 1 atom stereocenters. The van der Waals surface area contributed by atoms with Gasteiger partial charge in [-0.05, 0) is 55.1 Å². The van der Waals surface area contributed by atoms with E-state index in [4.69, 9.17) is 9.47 Å². The minimum Gasteiger partial charge on any atom is -0.493 e. The first-order valence-corrected chi connectivity index (χ1v) is 9.45. The van der Waals surface area contributed by atoms with Crippen molar-refractivity contribution >= 4 is 0 Å². The second-order valence-corrected chi connectivity index (χ2v) is 7.31. The molecule has 6 nitrogen and oxygen atoms in total. The highest BCUT2D eigenvalue weighted by atomic mass is 16.5. The molecule has 0 aliphatic carbocycles. The van der Waals surface area contributed by atoms with Crippen molar-refractivity contribution in [3.8, 4) is 11.5 Å². The average Bonchev–Trinajstić information content (AvgIpc) is 3.19. The lowest BCUT2D eigenvalue weighted by molar-refractivity contribution is 0.0831. The molecule has 26 heavy (non-hydrogen) atoms. The van der Waals surface area contributed by atoms with Crippen molar-refractivity contribution < 1.29 is 9.47 Å². The molecule has 2 aliphatic heterocycles. The van der Waals surface area contributed by atoms with Crippen molar-refractivity contribution in [1.29, 1.82) is 0 Å². The molecule has 4 rings (SSSR count). The first-order valence-electron chi connectivity index (χ1n) is 9.45. The maximum absolute atomic E-state index is 5.50. The number of ether oxygens (including phenoxy) is 2. The Labute approximate surface area is 155 Å². The standard InChI is InChI=1S/C20H28N4O2/c1-25-19-10-15-6-9-24(12-16(15)11-20(19)26-2)18-4-3-8-23(14-18)13-17-5-7-21-22-17/h5,7,10-11,18H,3-4,6,8-9,12-14H2,1-2H3,(H,21,22). The van der Waals surface area contributed by atoms with Crippen molar-refractivity contribution in [3.05, 3.63) is 41.2 Å². The Bertz CT molecular complexity index is 732. The molecule has 1 fully saturated rings. The fourth-order valence-corrected chi connectivity index (χ4v) is 4.30. The second kappa shape index (κ2) is 7.68. The Morgan fingerprint density at radius 3 is 2.69 bits per heavy atom. The van der Waals surface area contributed by atoms with E-state index in [-0.39, 0.29) is 0 Å². The number of aromatic amines is 1. The fourth-order valence-electron chi connectivity index (χ4n) is 4.30. The molecule has 1 aromatic heterocycles. The number of hydrogen-bond acceptors (Lipinski definition) is 5. The predicted octanol–water partition coefficient (Wildman–Crippen LogP) is 2.45. The Balaban J connectivity index is 1.44. The molecule has 6 heteroatoms. The minimum atomic E-state index is 0.618. The normalized spacial score (nSPS) is 21.4. The number of H-pyrrole nitrogens is 1. The van der Waals surface area contributed by atoms with Crippen LogP contribution in [-0.4, -0.2) is 59.9 Å². The lowest BCUT2D eigenvalue weighted by atomic mass is 9.95. The molecule has 2 aliphatic rings. The lowest BCUT2D eigenvalue weighted by Crippen LogP contribution is -2.49. The van der Waals surface area contributed by atoms with Crippen LogP contribution in [0.2, 0.25) is 0 Å². The molecule has 0 saturated carbocycles. The minimum absolute atomic E-state index is 0.618. The molecular formula is C20H28N4O2. The zero-order valence-corrected chi connectivity index (χ0v) is 15.7. The summed E-state index contributed by atoms with van der Waals surface area (Å²) in [6, 6.07) is 7.00. The van der Waals surface area contributed by atoms with E-state index in [1.165, 1.54) is 36.2 Å². The summed E-state index contributed by atoms with van der Waals surface area (Å²) in [5.41, 5.74) is 3.97. The van der Waals surface area contributed by atoms with Gasteiger partial charge in [0.15, 0.2) is 11.5 Å². The summed E-state index contributed by atoms with van der Waals surface area (Å²) in [5.74, 6) is 1.67. The van der Waals surface area contributed by atoms with Gasteiger partial charge in [-0.3, -0.25) is 14.9 Å². The molecule has 0 bridgehead atoms. The molecule has 0 amide bonds. The molecule has 0 spiro atoms. The van der Waals surface area contributed by atoms with E-state index >= 15 is 0 Å². The quantitative estimate of drug-likeness (QED) is 0.892. The molecule has 1 N–H and O–H groups in total. The van der Waals surface area contributed by atoms with Crippen molar-refractivity contribution in [2.45, 2.75) is 38.4 Å². The molecular weight excluding hydrogens is 328 g/mol. The summed E-state index contributed by atoms with van der Waals surface area (Å²) in [5, 5.41) is 7.15. The summed E-state index contributed by atoms with van der Waals surface area (Å²) in [4.78, 5) is 5.19. The van der Waals surface area contributed by atoms with Crippen LogP contribution in [0.5, 0.6) is 11.5 Å². The molecule has 140 valence electrons. The van der Waals surface area contributed by atoms with Crippen molar-refractivity contribution in [3.63, 3.8) is 0 Å². The van der Waals surface area contributed by atoms with Gasteiger partial charge in [-0.25, -0.2) is 0 Å². The van der Waals surface area contributed by atoms with Crippen LogP contribution in [0.25, 0.3) is 0 Å². The van der Waals surface area contributed by atoms with E-state index in [2.05, 4.69) is 38.2 Å². The highest BCUT2D eigenvalue weighted by Crippen LogP contribution is 2.34. The van der Waals surface area contributed by atoms with Crippen LogP contribution < -0.4 is 9.47 Å². The number of likely N-dealkylation sites (tertiary alicyclic amines) is 1. The predicted molar refractivity (Wildman–Crippen MR) is 101 cm³/mol. The molecule has 1 aromatic carbocycles. The van der Waals surface area contributed by atoms with Crippen molar-refractivity contribution in [2.24, 2.45) is 0 Å². The monoisotopic (exact) mass is 356 g/mol. The molecule has 2 aromatic rings. The zero-order chi connectivity index (χ0) is 17.9. The van der Waals surface area contributed by atoms with Crippen molar-refractivity contribution in [2.75, 3.05) is 33.9 Å². The first-order chi connectivity index (χ1) is 12.8.